The number of aliphatic hydroxyl groups is 1. The van der Waals surface area contributed by atoms with Gasteiger partial charge in [0.05, 0.1) is 6.61 Å². The average Bonchev–Trinajstić information content (AvgIpc) is 2.47. The second-order valence-corrected chi connectivity index (χ2v) is 4.80. The average molecular weight is 279 g/mol. The number of aliphatic hydroxyl groups excluding tert-OH is 1. The van der Waals surface area contributed by atoms with Gasteiger partial charge in [-0.05, 0) is 31.9 Å². The van der Waals surface area contributed by atoms with Gasteiger partial charge in [0, 0.05) is 12.6 Å². The van der Waals surface area contributed by atoms with Crippen molar-refractivity contribution in [3.05, 3.63) is 30.3 Å². The Hall–Kier alpha value is -1.55. The fraction of sp³-hybridized carbons (Fsp3) is 0.562. The molecule has 1 unspecified atom stereocenters. The van der Waals surface area contributed by atoms with Crippen LogP contribution in [-0.4, -0.2) is 41.2 Å². The molecule has 1 amide bonds. The molecule has 0 aliphatic carbocycles. The van der Waals surface area contributed by atoms with Gasteiger partial charge >= 0.3 is 0 Å². The minimum Gasteiger partial charge on any atom is -0.481 e. The summed E-state index contributed by atoms with van der Waals surface area (Å²) in [5.41, 5.74) is 0. The summed E-state index contributed by atoms with van der Waals surface area (Å²) >= 11 is 0. The number of carbonyl (C=O) groups is 1. The molecule has 1 aromatic rings. The quantitative estimate of drug-likeness (QED) is 0.795. The number of ether oxygens (including phenoxy) is 1. The molecule has 0 aliphatic rings. The molecule has 1 atom stereocenters. The number of carbonyl (C=O) groups excluding carboxylic acids is 1. The van der Waals surface area contributed by atoms with Crippen LogP contribution in [0.25, 0.3) is 0 Å². The highest BCUT2D eigenvalue weighted by Crippen LogP contribution is 2.15. The Morgan fingerprint density at radius 2 is 1.85 bits per heavy atom. The van der Waals surface area contributed by atoms with Gasteiger partial charge in [0.25, 0.3) is 5.91 Å². The minimum absolute atomic E-state index is 0.0275. The zero-order chi connectivity index (χ0) is 15.0. The van der Waals surface area contributed by atoms with Crippen molar-refractivity contribution >= 4 is 5.91 Å². The van der Waals surface area contributed by atoms with Crippen molar-refractivity contribution in [1.29, 1.82) is 0 Å². The lowest BCUT2D eigenvalue weighted by atomic mass is 10.1. The Morgan fingerprint density at radius 1 is 1.25 bits per heavy atom. The van der Waals surface area contributed by atoms with Crippen LogP contribution in [0.1, 0.15) is 33.6 Å². The summed E-state index contributed by atoms with van der Waals surface area (Å²) in [4.78, 5) is 14.2. The number of hydrogen-bond donors (Lipinski definition) is 1. The van der Waals surface area contributed by atoms with Crippen LogP contribution in [-0.2, 0) is 4.79 Å². The van der Waals surface area contributed by atoms with E-state index in [4.69, 9.17) is 9.84 Å². The molecule has 1 aromatic carbocycles. The van der Waals surface area contributed by atoms with Crippen LogP contribution >= 0.6 is 0 Å². The summed E-state index contributed by atoms with van der Waals surface area (Å²) in [6.07, 6.45) is 1.20. The number of rotatable bonds is 8. The van der Waals surface area contributed by atoms with Gasteiger partial charge in [-0.3, -0.25) is 4.79 Å². The zero-order valence-electron chi connectivity index (χ0n) is 12.6. The summed E-state index contributed by atoms with van der Waals surface area (Å²) in [6.45, 7) is 6.18. The van der Waals surface area contributed by atoms with E-state index in [1.807, 2.05) is 30.3 Å². The lowest BCUT2D eigenvalue weighted by Crippen LogP contribution is -2.47. The van der Waals surface area contributed by atoms with Gasteiger partial charge in [-0.25, -0.2) is 0 Å². The van der Waals surface area contributed by atoms with E-state index < -0.39 is 6.10 Å². The maximum Gasteiger partial charge on any atom is 0.263 e. The minimum atomic E-state index is -0.551. The van der Waals surface area contributed by atoms with Gasteiger partial charge in [0.1, 0.15) is 5.75 Å². The Bertz CT molecular complexity index is 390. The van der Waals surface area contributed by atoms with Crippen LogP contribution < -0.4 is 4.74 Å². The molecule has 4 heteroatoms. The molecule has 0 spiro atoms. The largest absolute Gasteiger partial charge is 0.481 e. The fourth-order valence-corrected chi connectivity index (χ4v) is 2.30. The monoisotopic (exact) mass is 279 g/mol. The van der Waals surface area contributed by atoms with E-state index in [2.05, 4.69) is 13.8 Å². The molecule has 0 fully saturated rings. The van der Waals surface area contributed by atoms with Gasteiger partial charge in [-0.15, -0.1) is 0 Å². The highest BCUT2D eigenvalue weighted by atomic mass is 16.5. The SMILES string of the molecule is CCC(CC)N(CCO)C(=O)C(C)Oc1ccccc1. The smallest absolute Gasteiger partial charge is 0.263 e. The fourth-order valence-electron chi connectivity index (χ4n) is 2.30. The van der Waals surface area contributed by atoms with Crippen LogP contribution in [0.2, 0.25) is 0 Å². The lowest BCUT2D eigenvalue weighted by molar-refractivity contribution is -0.141. The van der Waals surface area contributed by atoms with E-state index >= 15 is 0 Å². The molecular formula is C16H25NO3. The van der Waals surface area contributed by atoms with Crippen LogP contribution in [0.3, 0.4) is 0 Å². The number of para-hydroxylation sites is 1. The number of hydrogen-bond acceptors (Lipinski definition) is 3. The Balaban J connectivity index is 2.73. The van der Waals surface area contributed by atoms with Gasteiger partial charge in [0.15, 0.2) is 6.10 Å². The third kappa shape index (κ3) is 4.53. The lowest BCUT2D eigenvalue weighted by Gasteiger charge is -2.32. The van der Waals surface area contributed by atoms with Gasteiger partial charge in [-0.1, -0.05) is 32.0 Å². The van der Waals surface area contributed by atoms with E-state index in [-0.39, 0.29) is 18.6 Å². The Morgan fingerprint density at radius 3 is 2.35 bits per heavy atom. The number of nitrogens with zero attached hydrogens (tertiary/aromatic N) is 1. The Labute approximate surface area is 121 Å². The van der Waals surface area contributed by atoms with Crippen molar-refractivity contribution in [2.45, 2.75) is 45.8 Å². The second-order valence-electron chi connectivity index (χ2n) is 4.80. The maximum absolute atomic E-state index is 12.5. The third-order valence-corrected chi connectivity index (χ3v) is 3.41. The summed E-state index contributed by atoms with van der Waals surface area (Å²) < 4.78 is 5.67. The first-order valence-corrected chi connectivity index (χ1v) is 7.27. The molecule has 0 aromatic heterocycles. The number of amides is 1. The van der Waals surface area contributed by atoms with Crippen molar-refractivity contribution in [1.82, 2.24) is 4.90 Å². The summed E-state index contributed by atoms with van der Waals surface area (Å²) in [6, 6.07) is 9.46. The van der Waals surface area contributed by atoms with Crippen molar-refractivity contribution < 1.29 is 14.6 Å². The highest BCUT2D eigenvalue weighted by Gasteiger charge is 2.26. The molecule has 0 radical (unpaired) electrons. The molecule has 1 N–H and O–H groups in total. The molecule has 0 saturated carbocycles. The second kappa shape index (κ2) is 8.59. The predicted octanol–water partition coefficient (Wildman–Crippen LogP) is 2.46. The van der Waals surface area contributed by atoms with Crippen molar-refractivity contribution in [3.63, 3.8) is 0 Å². The molecule has 20 heavy (non-hydrogen) atoms. The van der Waals surface area contributed by atoms with Gasteiger partial charge < -0.3 is 14.7 Å². The molecule has 1 rings (SSSR count). The van der Waals surface area contributed by atoms with Crippen LogP contribution in [0.15, 0.2) is 30.3 Å². The molecule has 112 valence electrons. The van der Waals surface area contributed by atoms with Crippen LogP contribution in [0.4, 0.5) is 0 Å². The predicted molar refractivity (Wildman–Crippen MR) is 79.7 cm³/mol. The standard InChI is InChI=1S/C16H25NO3/c1-4-14(5-2)17(11-12-18)16(19)13(3)20-15-9-7-6-8-10-15/h6-10,13-14,18H,4-5,11-12H2,1-3H3. The van der Waals surface area contributed by atoms with E-state index in [9.17, 15) is 4.79 Å². The van der Waals surface area contributed by atoms with E-state index in [0.717, 1.165) is 12.8 Å². The first kappa shape index (κ1) is 16.5. The third-order valence-electron chi connectivity index (χ3n) is 3.41. The van der Waals surface area contributed by atoms with Gasteiger partial charge in [-0.2, -0.15) is 0 Å². The first-order chi connectivity index (χ1) is 9.63. The molecule has 0 saturated heterocycles. The van der Waals surface area contributed by atoms with Crippen LogP contribution in [0.5, 0.6) is 5.75 Å². The normalized spacial score (nSPS) is 12.2. The van der Waals surface area contributed by atoms with Crippen molar-refractivity contribution in [2.75, 3.05) is 13.2 Å². The summed E-state index contributed by atoms with van der Waals surface area (Å²) in [5.74, 6) is 0.610. The van der Waals surface area contributed by atoms with Crippen LogP contribution in [0, 0.1) is 0 Å². The van der Waals surface area contributed by atoms with Crippen molar-refractivity contribution in [3.8, 4) is 5.75 Å². The molecule has 4 nitrogen and oxygen atoms in total. The zero-order valence-corrected chi connectivity index (χ0v) is 12.6. The number of benzene rings is 1. The molecule has 0 heterocycles. The maximum atomic E-state index is 12.5. The Kier molecular flexibility index (Phi) is 7.09. The first-order valence-electron chi connectivity index (χ1n) is 7.27. The van der Waals surface area contributed by atoms with Crippen molar-refractivity contribution in [2.24, 2.45) is 0 Å². The summed E-state index contributed by atoms with van der Waals surface area (Å²) in [5, 5.41) is 9.16. The topological polar surface area (TPSA) is 49.8 Å². The molecule has 0 bridgehead atoms. The van der Waals surface area contributed by atoms with E-state index in [0.29, 0.717) is 12.3 Å². The highest BCUT2D eigenvalue weighted by molar-refractivity contribution is 5.81. The summed E-state index contributed by atoms with van der Waals surface area (Å²) in [7, 11) is 0. The molecular weight excluding hydrogens is 254 g/mol. The molecule has 0 aliphatic heterocycles. The van der Waals surface area contributed by atoms with E-state index in [1.54, 1.807) is 11.8 Å². The van der Waals surface area contributed by atoms with Gasteiger partial charge in [0.2, 0.25) is 0 Å². The van der Waals surface area contributed by atoms with E-state index in [1.165, 1.54) is 0 Å².